The Kier molecular flexibility index (Phi) is 9.78. The molecule has 1 atom stereocenters. The molecule has 6 rings (SSSR count). The normalized spacial score (nSPS) is 16.5. The van der Waals surface area contributed by atoms with Crippen LogP contribution in [0.1, 0.15) is 34.6 Å². The fraction of sp³-hybridized carbons (Fsp3) is 0.297. The van der Waals surface area contributed by atoms with Gasteiger partial charge in [-0.1, -0.05) is 0 Å². The molecule has 4 aromatic rings. The molecule has 52 heavy (non-hydrogen) atoms. The van der Waals surface area contributed by atoms with Crippen molar-refractivity contribution < 1.29 is 32.7 Å². The molecule has 13 nitrogen and oxygen atoms in total. The van der Waals surface area contributed by atoms with Gasteiger partial charge >= 0.3 is 12.1 Å². The van der Waals surface area contributed by atoms with Crippen LogP contribution in [0.2, 0.25) is 0 Å². The number of aromatic nitrogens is 2. The fourth-order valence-corrected chi connectivity index (χ4v) is 5.90. The second kappa shape index (κ2) is 14.2. The van der Waals surface area contributed by atoms with Gasteiger partial charge in [0.05, 0.1) is 17.6 Å². The summed E-state index contributed by atoms with van der Waals surface area (Å²) in [6.45, 7) is 10.5. The number of hydrogen-bond acceptors (Lipinski definition) is 8. The smallest absolute Gasteiger partial charge is 0.331 e. The number of nitrogens with one attached hydrogen (secondary N) is 2. The number of amides is 6. The number of hydrogen-bond donors (Lipinski definition) is 2. The number of urea groups is 2. The summed E-state index contributed by atoms with van der Waals surface area (Å²) >= 11 is 0. The van der Waals surface area contributed by atoms with E-state index in [4.69, 9.17) is 4.74 Å². The second-order valence-electron chi connectivity index (χ2n) is 13.6. The standard InChI is InChI=1S/C37H38F2N8O5/c1-22(2)45-21-28(34(49)47(36(45)51)25-9-6-23(38)7-10-25)33(48)42-24-8-12-30(29(39)18-24)52-27-14-15-40-32(19-27)43-31-13-11-26(20-41-31)44-16-17-46(35(44)50)37(3,4)5/h6-15,18-20,22,28H,16-17,21H2,1-5H3,(H,42,48)(H,40,41,43). The van der Waals surface area contributed by atoms with Crippen LogP contribution in [0.3, 0.4) is 0 Å². The van der Waals surface area contributed by atoms with Crippen molar-refractivity contribution in [2.45, 2.75) is 46.2 Å². The Morgan fingerprint density at radius 3 is 2.25 bits per heavy atom. The highest BCUT2D eigenvalue weighted by Gasteiger charge is 2.44. The Balaban J connectivity index is 1.10. The van der Waals surface area contributed by atoms with Crippen molar-refractivity contribution in [2.24, 2.45) is 5.92 Å². The average Bonchev–Trinajstić information content (AvgIpc) is 3.49. The molecule has 0 saturated carbocycles. The van der Waals surface area contributed by atoms with Crippen molar-refractivity contribution in [1.29, 1.82) is 0 Å². The van der Waals surface area contributed by atoms with E-state index in [1.165, 1.54) is 35.4 Å². The third kappa shape index (κ3) is 7.48. The first-order valence-corrected chi connectivity index (χ1v) is 16.7. The van der Waals surface area contributed by atoms with E-state index in [1.807, 2.05) is 25.7 Å². The topological polar surface area (TPSA) is 140 Å². The van der Waals surface area contributed by atoms with Gasteiger partial charge in [-0.05, 0) is 89.2 Å². The van der Waals surface area contributed by atoms with Crippen LogP contribution in [0, 0.1) is 17.6 Å². The minimum atomic E-state index is -1.31. The highest BCUT2D eigenvalue weighted by molar-refractivity contribution is 6.23. The summed E-state index contributed by atoms with van der Waals surface area (Å²) in [6, 6.07) is 14.2. The van der Waals surface area contributed by atoms with Crippen LogP contribution in [-0.2, 0) is 9.59 Å². The summed E-state index contributed by atoms with van der Waals surface area (Å²) in [5.74, 6) is -3.19. The van der Waals surface area contributed by atoms with E-state index < -0.39 is 35.4 Å². The van der Waals surface area contributed by atoms with Crippen molar-refractivity contribution >= 4 is 52.6 Å². The number of anilines is 5. The second-order valence-corrected chi connectivity index (χ2v) is 13.6. The average molecular weight is 713 g/mol. The lowest BCUT2D eigenvalue weighted by molar-refractivity contribution is -0.132. The Morgan fingerprint density at radius 2 is 1.62 bits per heavy atom. The lowest BCUT2D eigenvalue weighted by atomic mass is 10.0. The monoisotopic (exact) mass is 712 g/mol. The van der Waals surface area contributed by atoms with Gasteiger partial charge in [0.25, 0.3) is 0 Å². The summed E-state index contributed by atoms with van der Waals surface area (Å²) in [7, 11) is 0. The van der Waals surface area contributed by atoms with E-state index in [-0.39, 0.29) is 47.0 Å². The van der Waals surface area contributed by atoms with Gasteiger partial charge in [-0.3, -0.25) is 14.5 Å². The molecule has 2 N–H and O–H groups in total. The van der Waals surface area contributed by atoms with Gasteiger partial charge in [-0.25, -0.2) is 33.2 Å². The van der Waals surface area contributed by atoms with Gasteiger partial charge in [-0.15, -0.1) is 0 Å². The van der Waals surface area contributed by atoms with E-state index in [2.05, 4.69) is 20.6 Å². The molecule has 2 aliphatic heterocycles. The Morgan fingerprint density at radius 1 is 0.885 bits per heavy atom. The van der Waals surface area contributed by atoms with Gasteiger partial charge in [-0.2, -0.15) is 0 Å². The van der Waals surface area contributed by atoms with E-state index in [0.717, 1.165) is 23.1 Å². The molecule has 0 aliphatic carbocycles. The maximum Gasteiger partial charge on any atom is 0.331 e. The third-order valence-electron chi connectivity index (χ3n) is 8.65. The summed E-state index contributed by atoms with van der Waals surface area (Å²) in [6.07, 6.45) is 3.08. The number of carbonyl (C=O) groups is 4. The maximum atomic E-state index is 15.3. The zero-order chi connectivity index (χ0) is 37.3. The largest absolute Gasteiger partial charge is 0.454 e. The third-order valence-corrected chi connectivity index (χ3v) is 8.65. The summed E-state index contributed by atoms with van der Waals surface area (Å²) < 4.78 is 34.6. The van der Waals surface area contributed by atoms with Crippen LogP contribution in [0.4, 0.5) is 47.1 Å². The summed E-state index contributed by atoms with van der Waals surface area (Å²) in [5.41, 5.74) is 0.580. The molecule has 2 fully saturated rings. The molecule has 2 aromatic heterocycles. The SMILES string of the molecule is CC(C)N1CC(C(=O)Nc2ccc(Oc3ccnc(Nc4ccc(N5CCN(C(C)(C)C)C5=O)cn4)c3)c(F)c2)C(=O)N(c2ccc(F)cc2)C1=O. The lowest BCUT2D eigenvalue weighted by Gasteiger charge is -2.39. The lowest BCUT2D eigenvalue weighted by Crippen LogP contribution is -2.61. The molecule has 2 saturated heterocycles. The van der Waals surface area contributed by atoms with Crippen LogP contribution < -0.4 is 25.2 Å². The van der Waals surface area contributed by atoms with Crippen molar-refractivity contribution in [3.05, 3.63) is 90.8 Å². The predicted octanol–water partition coefficient (Wildman–Crippen LogP) is 6.76. The molecule has 1 unspecified atom stereocenters. The van der Waals surface area contributed by atoms with Gasteiger partial charge in [0.15, 0.2) is 11.6 Å². The zero-order valence-electron chi connectivity index (χ0n) is 29.3. The first-order valence-electron chi connectivity index (χ1n) is 16.7. The molecule has 15 heteroatoms. The number of benzene rings is 2. The van der Waals surface area contributed by atoms with Crippen molar-refractivity contribution in [1.82, 2.24) is 19.8 Å². The number of carbonyl (C=O) groups excluding carboxylic acids is 4. The van der Waals surface area contributed by atoms with Crippen molar-refractivity contribution in [3.63, 3.8) is 0 Å². The predicted molar refractivity (Wildman–Crippen MR) is 191 cm³/mol. The molecule has 0 spiro atoms. The molecular weight excluding hydrogens is 674 g/mol. The number of halogens is 2. The van der Waals surface area contributed by atoms with Crippen LogP contribution >= 0.6 is 0 Å². The van der Waals surface area contributed by atoms with Gasteiger partial charge in [0.2, 0.25) is 11.8 Å². The summed E-state index contributed by atoms with van der Waals surface area (Å²) in [4.78, 5) is 67.2. The minimum Gasteiger partial charge on any atom is -0.454 e. The first-order chi connectivity index (χ1) is 24.7. The highest BCUT2D eigenvalue weighted by Crippen LogP contribution is 2.31. The summed E-state index contributed by atoms with van der Waals surface area (Å²) in [5, 5.41) is 5.64. The number of pyridine rings is 2. The molecule has 0 bridgehead atoms. The van der Waals surface area contributed by atoms with E-state index in [0.29, 0.717) is 30.4 Å². The number of nitrogens with zero attached hydrogens (tertiary/aromatic N) is 6. The Bertz CT molecular complexity index is 2000. The molecular formula is C37H38F2N8O5. The molecule has 2 aromatic carbocycles. The molecule has 4 heterocycles. The van der Waals surface area contributed by atoms with Crippen molar-refractivity contribution in [3.8, 4) is 11.5 Å². The molecule has 0 radical (unpaired) electrons. The van der Waals surface area contributed by atoms with Gasteiger partial charge in [0.1, 0.15) is 29.1 Å². The quantitative estimate of drug-likeness (QED) is 0.182. The fourth-order valence-electron chi connectivity index (χ4n) is 5.90. The highest BCUT2D eigenvalue weighted by atomic mass is 19.1. The number of rotatable bonds is 9. The van der Waals surface area contributed by atoms with E-state index in [9.17, 15) is 23.6 Å². The van der Waals surface area contributed by atoms with Gasteiger partial charge < -0.3 is 25.2 Å². The Labute approximate surface area is 299 Å². The number of ether oxygens (including phenoxy) is 1. The molecule has 2 aliphatic rings. The van der Waals surface area contributed by atoms with Gasteiger partial charge in [0, 0.05) is 55.2 Å². The molecule has 270 valence electrons. The Hall–Kier alpha value is -6.12. The molecule has 6 amide bonds. The minimum absolute atomic E-state index is 0.0670. The first kappa shape index (κ1) is 35.7. The number of imide groups is 1. The van der Waals surface area contributed by atoms with E-state index >= 15 is 4.39 Å². The maximum absolute atomic E-state index is 15.3. The zero-order valence-corrected chi connectivity index (χ0v) is 29.3. The van der Waals surface area contributed by atoms with Crippen LogP contribution in [0.5, 0.6) is 11.5 Å². The van der Waals surface area contributed by atoms with Crippen LogP contribution in [0.15, 0.2) is 79.1 Å². The van der Waals surface area contributed by atoms with E-state index in [1.54, 1.807) is 49.2 Å². The van der Waals surface area contributed by atoms with Crippen LogP contribution in [-0.4, -0.2) is 74.9 Å². The van der Waals surface area contributed by atoms with Crippen LogP contribution in [0.25, 0.3) is 0 Å². The van der Waals surface area contributed by atoms with Crippen molar-refractivity contribution in [2.75, 3.05) is 40.1 Å².